The van der Waals surface area contributed by atoms with Crippen molar-refractivity contribution in [2.24, 2.45) is 11.8 Å². The number of pyridine rings is 1. The van der Waals surface area contributed by atoms with Gasteiger partial charge >= 0.3 is 0 Å². The highest BCUT2D eigenvalue weighted by Crippen LogP contribution is 2.30. The van der Waals surface area contributed by atoms with Crippen LogP contribution < -0.4 is 4.31 Å². The SMILES string of the molecule is Cc1cc(C)c(N(CC(C)C)S(=O)(=O)c2ccc3c(cnn3CC3CCOCC3)c2)cn1. The third kappa shape index (κ3) is 4.66. The lowest BCUT2D eigenvalue weighted by atomic mass is 10.0. The zero-order valence-electron chi connectivity index (χ0n) is 19.3. The molecule has 1 aromatic carbocycles. The van der Waals surface area contributed by atoms with E-state index in [0.29, 0.717) is 18.2 Å². The van der Waals surface area contributed by atoms with Crippen LogP contribution in [-0.4, -0.2) is 42.9 Å². The van der Waals surface area contributed by atoms with Gasteiger partial charge in [0, 0.05) is 37.4 Å². The Bertz CT molecular complexity index is 1200. The number of hydrogen-bond donors (Lipinski definition) is 0. The number of benzene rings is 1. The molecule has 32 heavy (non-hydrogen) atoms. The Morgan fingerprint density at radius 2 is 1.91 bits per heavy atom. The highest BCUT2D eigenvalue weighted by Gasteiger charge is 2.28. The normalized spacial score (nSPS) is 15.5. The summed E-state index contributed by atoms with van der Waals surface area (Å²) in [7, 11) is -3.75. The van der Waals surface area contributed by atoms with E-state index >= 15 is 0 Å². The van der Waals surface area contributed by atoms with Crippen molar-refractivity contribution in [3.63, 3.8) is 0 Å². The van der Waals surface area contributed by atoms with Crippen molar-refractivity contribution >= 4 is 26.6 Å². The van der Waals surface area contributed by atoms with Gasteiger partial charge in [-0.2, -0.15) is 5.10 Å². The molecule has 0 aliphatic carbocycles. The molecule has 4 rings (SSSR count). The summed E-state index contributed by atoms with van der Waals surface area (Å²) in [6.45, 7) is 10.7. The molecule has 1 saturated heterocycles. The molecule has 3 aromatic rings. The summed E-state index contributed by atoms with van der Waals surface area (Å²) in [5.41, 5.74) is 3.34. The highest BCUT2D eigenvalue weighted by atomic mass is 32.2. The predicted octanol–water partition coefficient (Wildman–Crippen LogP) is 4.33. The van der Waals surface area contributed by atoms with E-state index < -0.39 is 10.0 Å². The third-order valence-corrected chi connectivity index (χ3v) is 7.77. The summed E-state index contributed by atoms with van der Waals surface area (Å²) < 4.78 is 36.4. The van der Waals surface area contributed by atoms with E-state index in [9.17, 15) is 8.42 Å². The van der Waals surface area contributed by atoms with Crippen molar-refractivity contribution < 1.29 is 13.2 Å². The average molecular weight is 457 g/mol. The first-order chi connectivity index (χ1) is 15.3. The summed E-state index contributed by atoms with van der Waals surface area (Å²) in [6.07, 6.45) is 5.48. The first-order valence-corrected chi connectivity index (χ1v) is 12.7. The van der Waals surface area contributed by atoms with E-state index in [1.54, 1.807) is 24.5 Å². The van der Waals surface area contributed by atoms with Crippen LogP contribution >= 0.6 is 0 Å². The van der Waals surface area contributed by atoms with Gasteiger partial charge in [-0.15, -0.1) is 0 Å². The number of anilines is 1. The summed E-state index contributed by atoms with van der Waals surface area (Å²) >= 11 is 0. The van der Waals surface area contributed by atoms with Gasteiger partial charge in [-0.3, -0.25) is 14.0 Å². The van der Waals surface area contributed by atoms with Crippen molar-refractivity contribution in [3.8, 4) is 0 Å². The number of aryl methyl sites for hydroxylation is 2. The van der Waals surface area contributed by atoms with Gasteiger partial charge in [-0.25, -0.2) is 8.42 Å². The Balaban J connectivity index is 1.68. The van der Waals surface area contributed by atoms with Crippen LogP contribution in [0.1, 0.15) is 37.9 Å². The average Bonchev–Trinajstić information content (AvgIpc) is 3.15. The molecule has 0 N–H and O–H groups in total. The molecule has 7 nitrogen and oxygen atoms in total. The maximum absolute atomic E-state index is 13.7. The van der Waals surface area contributed by atoms with Crippen molar-refractivity contribution in [2.45, 2.75) is 52.0 Å². The van der Waals surface area contributed by atoms with E-state index in [2.05, 4.69) is 10.1 Å². The van der Waals surface area contributed by atoms with Crippen LogP contribution in [0.2, 0.25) is 0 Å². The molecule has 0 atom stereocenters. The molecule has 172 valence electrons. The molecule has 1 fully saturated rings. The fraction of sp³-hybridized carbons (Fsp3) is 0.500. The van der Waals surface area contributed by atoms with Gasteiger partial charge in [0.1, 0.15) is 0 Å². The van der Waals surface area contributed by atoms with Gasteiger partial charge in [-0.1, -0.05) is 13.8 Å². The number of rotatable bonds is 7. The van der Waals surface area contributed by atoms with E-state index in [1.165, 1.54) is 4.31 Å². The smallest absolute Gasteiger partial charge is 0.264 e. The number of fused-ring (bicyclic) bond motifs is 1. The summed E-state index contributed by atoms with van der Waals surface area (Å²) in [5, 5.41) is 5.38. The van der Waals surface area contributed by atoms with Crippen molar-refractivity contribution in [1.29, 1.82) is 0 Å². The second-order valence-corrected chi connectivity index (χ2v) is 11.0. The summed E-state index contributed by atoms with van der Waals surface area (Å²) in [6, 6.07) is 7.23. The van der Waals surface area contributed by atoms with Crippen LogP contribution in [0.4, 0.5) is 5.69 Å². The molecule has 1 aliphatic rings. The lowest BCUT2D eigenvalue weighted by Crippen LogP contribution is -2.35. The quantitative estimate of drug-likeness (QED) is 0.529. The minimum absolute atomic E-state index is 0.163. The van der Waals surface area contributed by atoms with E-state index in [-0.39, 0.29) is 10.8 Å². The third-order valence-electron chi connectivity index (χ3n) is 5.99. The lowest BCUT2D eigenvalue weighted by molar-refractivity contribution is 0.0605. The molecule has 0 amide bonds. The predicted molar refractivity (Wildman–Crippen MR) is 126 cm³/mol. The van der Waals surface area contributed by atoms with Crippen LogP contribution in [0.3, 0.4) is 0 Å². The Labute approximate surface area is 190 Å². The molecule has 0 spiro atoms. The van der Waals surface area contributed by atoms with Crippen molar-refractivity contribution in [3.05, 3.63) is 47.9 Å². The lowest BCUT2D eigenvalue weighted by Gasteiger charge is -2.27. The molecule has 1 aliphatic heterocycles. The topological polar surface area (TPSA) is 77.3 Å². The minimum atomic E-state index is -3.75. The number of aromatic nitrogens is 3. The van der Waals surface area contributed by atoms with Crippen LogP contribution in [-0.2, 0) is 21.3 Å². The molecule has 0 unspecified atom stereocenters. The maximum Gasteiger partial charge on any atom is 0.264 e. The number of ether oxygens (including phenoxy) is 1. The molecular weight excluding hydrogens is 424 g/mol. The van der Waals surface area contributed by atoms with Crippen LogP contribution in [0.25, 0.3) is 10.9 Å². The monoisotopic (exact) mass is 456 g/mol. The second kappa shape index (κ2) is 9.19. The van der Waals surface area contributed by atoms with Gasteiger partial charge in [0.25, 0.3) is 10.0 Å². The van der Waals surface area contributed by atoms with Gasteiger partial charge in [-0.05, 0) is 68.4 Å². The first-order valence-electron chi connectivity index (χ1n) is 11.2. The van der Waals surface area contributed by atoms with Crippen molar-refractivity contribution in [1.82, 2.24) is 14.8 Å². The van der Waals surface area contributed by atoms with Gasteiger partial charge in [0.05, 0.1) is 28.5 Å². The summed E-state index contributed by atoms with van der Waals surface area (Å²) in [4.78, 5) is 4.63. The molecule has 3 heterocycles. The van der Waals surface area contributed by atoms with Gasteiger partial charge in [0.15, 0.2) is 0 Å². The fourth-order valence-electron chi connectivity index (χ4n) is 4.28. The molecule has 8 heteroatoms. The molecule has 2 aromatic heterocycles. The number of nitrogens with zero attached hydrogens (tertiary/aromatic N) is 4. The maximum atomic E-state index is 13.7. The van der Waals surface area contributed by atoms with Crippen LogP contribution in [0.5, 0.6) is 0 Å². The van der Waals surface area contributed by atoms with Crippen LogP contribution in [0.15, 0.2) is 41.6 Å². The van der Waals surface area contributed by atoms with E-state index in [0.717, 1.165) is 54.8 Å². The van der Waals surface area contributed by atoms with Crippen LogP contribution in [0, 0.1) is 25.7 Å². The highest BCUT2D eigenvalue weighted by molar-refractivity contribution is 7.92. The van der Waals surface area contributed by atoms with E-state index in [4.69, 9.17) is 4.74 Å². The second-order valence-electron chi connectivity index (χ2n) is 9.15. The van der Waals surface area contributed by atoms with Crippen molar-refractivity contribution in [2.75, 3.05) is 24.1 Å². The standard InChI is InChI=1S/C24H32N4O3S/c1-17(2)15-28(24-14-25-19(4)11-18(24)3)32(29,30)22-5-6-23-21(12-22)13-26-27(23)16-20-7-9-31-10-8-20/h5-6,11-14,17,20H,7-10,15-16H2,1-4H3. The zero-order chi connectivity index (χ0) is 22.9. The summed E-state index contributed by atoms with van der Waals surface area (Å²) in [5.74, 6) is 0.699. The Hall–Kier alpha value is -2.45. The zero-order valence-corrected chi connectivity index (χ0v) is 20.1. The molecule has 0 bridgehead atoms. The fourth-order valence-corrected chi connectivity index (χ4v) is 5.99. The molecule has 0 radical (unpaired) electrons. The Kier molecular flexibility index (Phi) is 6.53. The first kappa shape index (κ1) is 22.7. The van der Waals surface area contributed by atoms with E-state index in [1.807, 2.05) is 44.5 Å². The molecular formula is C24H32N4O3S. The molecule has 0 saturated carbocycles. The number of sulfonamides is 1. The Morgan fingerprint density at radius 1 is 1.16 bits per heavy atom. The Morgan fingerprint density at radius 3 is 2.59 bits per heavy atom. The van der Waals surface area contributed by atoms with Gasteiger partial charge < -0.3 is 4.74 Å². The van der Waals surface area contributed by atoms with Gasteiger partial charge in [0.2, 0.25) is 0 Å². The number of hydrogen-bond acceptors (Lipinski definition) is 5. The largest absolute Gasteiger partial charge is 0.381 e. The minimum Gasteiger partial charge on any atom is -0.381 e.